The molecule has 1 amide bonds. The maximum Gasteiger partial charge on any atom is 0.418 e. The van der Waals surface area contributed by atoms with E-state index in [9.17, 15) is 27.9 Å². The van der Waals surface area contributed by atoms with Gasteiger partial charge in [0.1, 0.15) is 0 Å². The van der Waals surface area contributed by atoms with Crippen molar-refractivity contribution in [1.29, 1.82) is 0 Å². The van der Waals surface area contributed by atoms with Crippen molar-refractivity contribution in [2.45, 2.75) is 89.0 Å². The first-order valence-corrected chi connectivity index (χ1v) is 13.1. The molecule has 1 saturated carbocycles. The highest BCUT2D eigenvalue weighted by Crippen LogP contribution is 2.42. The molecule has 2 N–H and O–H groups in total. The maximum absolute atomic E-state index is 14.2. The Hall–Kier alpha value is -2.77. The van der Waals surface area contributed by atoms with Gasteiger partial charge in [-0.2, -0.15) is 13.2 Å². The first-order valence-electron chi connectivity index (χ1n) is 13.1. The Morgan fingerprint density at radius 3 is 2.25 bits per heavy atom. The van der Waals surface area contributed by atoms with Gasteiger partial charge in [-0.25, -0.2) is 0 Å². The lowest BCUT2D eigenvalue weighted by atomic mass is 9.78. The molecule has 194 valence electrons. The van der Waals surface area contributed by atoms with Gasteiger partial charge >= 0.3 is 12.1 Å². The summed E-state index contributed by atoms with van der Waals surface area (Å²) in [6, 6.07) is 7.35. The summed E-state index contributed by atoms with van der Waals surface area (Å²) >= 11 is 0. The summed E-state index contributed by atoms with van der Waals surface area (Å²) in [7, 11) is 0. The van der Waals surface area contributed by atoms with Gasteiger partial charge in [0.05, 0.1) is 11.5 Å². The van der Waals surface area contributed by atoms with Crippen molar-refractivity contribution < 1.29 is 27.9 Å². The molecule has 0 radical (unpaired) electrons. The number of hydrogen-bond acceptors (Lipinski definition) is 3. The molecule has 1 aliphatic carbocycles. The van der Waals surface area contributed by atoms with Gasteiger partial charge in [0.15, 0.2) is 0 Å². The van der Waals surface area contributed by atoms with E-state index in [4.69, 9.17) is 0 Å². The fourth-order valence-corrected chi connectivity index (χ4v) is 6.58. The number of nitrogens with zero attached hydrogens (tertiary/aromatic N) is 1. The van der Waals surface area contributed by atoms with Crippen LogP contribution in [0.2, 0.25) is 0 Å². The monoisotopic (exact) mass is 502 g/mol. The van der Waals surface area contributed by atoms with Crippen LogP contribution in [0.1, 0.15) is 80.6 Å². The number of anilines is 1. The molecule has 2 saturated heterocycles. The Kier molecular flexibility index (Phi) is 6.64. The number of amides is 1. The summed E-state index contributed by atoms with van der Waals surface area (Å²) in [6.45, 7) is 2.17. The van der Waals surface area contributed by atoms with E-state index >= 15 is 0 Å². The predicted molar refractivity (Wildman–Crippen MR) is 132 cm³/mol. The smallest absolute Gasteiger partial charge is 0.418 e. The normalized spacial score (nSPS) is 28.7. The van der Waals surface area contributed by atoms with Gasteiger partial charge in [0.25, 0.3) is 5.91 Å². The number of carbonyl (C=O) groups is 2. The summed E-state index contributed by atoms with van der Waals surface area (Å²) in [5.41, 5.74) is -0.237. The molecule has 2 heterocycles. The van der Waals surface area contributed by atoms with Gasteiger partial charge in [-0.1, -0.05) is 19.1 Å². The average Bonchev–Trinajstić information content (AvgIpc) is 2.83. The molecular formula is C28H33F3N2O3. The second-order valence-corrected chi connectivity index (χ2v) is 11.0. The van der Waals surface area contributed by atoms with Crippen molar-refractivity contribution in [3.05, 3.63) is 41.5 Å². The van der Waals surface area contributed by atoms with Gasteiger partial charge in [0.2, 0.25) is 0 Å². The van der Waals surface area contributed by atoms with Gasteiger partial charge in [-0.3, -0.25) is 9.59 Å². The van der Waals surface area contributed by atoms with Crippen molar-refractivity contribution in [3.8, 4) is 0 Å². The molecular weight excluding hydrogens is 469 g/mol. The second-order valence-electron chi connectivity index (χ2n) is 11.0. The Bertz CT molecular complexity index is 1140. The van der Waals surface area contributed by atoms with Crippen LogP contribution in [0.5, 0.6) is 0 Å². The third-order valence-corrected chi connectivity index (χ3v) is 8.48. The summed E-state index contributed by atoms with van der Waals surface area (Å²) < 4.78 is 42.7. The average molecular weight is 503 g/mol. The molecule has 2 unspecified atom stereocenters. The summed E-state index contributed by atoms with van der Waals surface area (Å²) in [4.78, 5) is 26.9. The third kappa shape index (κ3) is 4.78. The number of rotatable bonds is 4. The number of carboxylic acids is 1. The lowest BCUT2D eigenvalue weighted by molar-refractivity contribution is -0.145. The lowest BCUT2D eigenvalue weighted by Crippen LogP contribution is -2.55. The van der Waals surface area contributed by atoms with Crippen molar-refractivity contribution >= 4 is 28.3 Å². The van der Waals surface area contributed by atoms with Crippen LogP contribution in [0.15, 0.2) is 30.3 Å². The van der Waals surface area contributed by atoms with Crippen LogP contribution in [0.25, 0.3) is 10.8 Å². The van der Waals surface area contributed by atoms with Gasteiger partial charge in [-0.05, 0) is 92.7 Å². The minimum atomic E-state index is -4.54. The van der Waals surface area contributed by atoms with E-state index < -0.39 is 23.6 Å². The number of hydrogen-bond donors (Lipinski definition) is 2. The fourth-order valence-electron chi connectivity index (χ4n) is 6.58. The van der Waals surface area contributed by atoms with E-state index in [1.807, 2.05) is 0 Å². The summed E-state index contributed by atoms with van der Waals surface area (Å²) in [6.07, 6.45) is 2.50. The Balaban J connectivity index is 1.44. The summed E-state index contributed by atoms with van der Waals surface area (Å²) in [5.74, 6) is -0.889. The molecule has 36 heavy (non-hydrogen) atoms. The number of piperidine rings is 2. The minimum absolute atomic E-state index is 0.0220. The Morgan fingerprint density at radius 1 is 0.972 bits per heavy atom. The largest absolute Gasteiger partial charge is 0.481 e. The number of nitrogens with one attached hydrogen (secondary N) is 1. The SMILES string of the molecule is CC1CCC(Nc2ccc3cc(C(=O)N4C5CCCC4CC(C(=O)O)C5)ccc3c2C(F)(F)F)CC1. The minimum Gasteiger partial charge on any atom is -0.481 e. The van der Waals surface area contributed by atoms with Crippen LogP contribution in [-0.2, 0) is 11.0 Å². The number of carboxylic acid groups (broad SMARTS) is 1. The highest BCUT2D eigenvalue weighted by molar-refractivity contribution is 6.01. The van der Waals surface area contributed by atoms with E-state index in [1.54, 1.807) is 17.0 Å². The molecule has 3 aliphatic rings. The highest BCUT2D eigenvalue weighted by Gasteiger charge is 2.43. The van der Waals surface area contributed by atoms with Crippen molar-refractivity contribution in [2.75, 3.05) is 5.32 Å². The molecule has 5 nitrogen and oxygen atoms in total. The fraction of sp³-hybridized carbons (Fsp3) is 0.571. The van der Waals surface area contributed by atoms with E-state index in [1.165, 1.54) is 18.2 Å². The quantitative estimate of drug-likeness (QED) is 0.488. The van der Waals surface area contributed by atoms with Gasteiger partial charge < -0.3 is 15.3 Å². The molecule has 2 aliphatic heterocycles. The van der Waals surface area contributed by atoms with Crippen LogP contribution < -0.4 is 5.32 Å². The molecule has 2 bridgehead atoms. The molecule has 3 fully saturated rings. The van der Waals surface area contributed by atoms with E-state index in [0.29, 0.717) is 29.7 Å². The van der Waals surface area contributed by atoms with E-state index in [2.05, 4.69) is 12.2 Å². The van der Waals surface area contributed by atoms with E-state index in [-0.39, 0.29) is 35.1 Å². The number of alkyl halides is 3. The first kappa shape index (κ1) is 24.9. The van der Waals surface area contributed by atoms with E-state index in [0.717, 1.165) is 44.9 Å². The van der Waals surface area contributed by atoms with Crippen LogP contribution >= 0.6 is 0 Å². The van der Waals surface area contributed by atoms with Gasteiger partial charge in [-0.15, -0.1) is 0 Å². The van der Waals surface area contributed by atoms with Crippen LogP contribution in [0.3, 0.4) is 0 Å². The third-order valence-electron chi connectivity index (χ3n) is 8.48. The van der Waals surface area contributed by atoms with Crippen LogP contribution in [0.4, 0.5) is 18.9 Å². The molecule has 0 spiro atoms. The van der Waals surface area contributed by atoms with Crippen molar-refractivity contribution in [2.24, 2.45) is 11.8 Å². The highest BCUT2D eigenvalue weighted by atomic mass is 19.4. The summed E-state index contributed by atoms with van der Waals surface area (Å²) in [5, 5.41) is 13.1. The standard InChI is InChI=1S/C28H33F3N2O3/c1-16-5-9-20(10-6-16)32-24-12-8-17-13-18(7-11-23(17)25(24)28(29,30)31)26(34)33-21-3-2-4-22(33)15-19(14-21)27(35)36/h7-8,11-13,16,19-22,32H,2-6,9-10,14-15H2,1H3,(H,35,36). The molecule has 2 atom stereocenters. The van der Waals surface area contributed by atoms with Crippen molar-refractivity contribution in [3.63, 3.8) is 0 Å². The number of halogens is 3. The molecule has 5 rings (SSSR count). The molecule has 2 aromatic carbocycles. The number of benzene rings is 2. The van der Waals surface area contributed by atoms with Crippen LogP contribution in [-0.4, -0.2) is 40.0 Å². The van der Waals surface area contributed by atoms with Crippen molar-refractivity contribution in [1.82, 2.24) is 4.90 Å². The Morgan fingerprint density at radius 2 is 1.64 bits per heavy atom. The predicted octanol–water partition coefficient (Wildman–Crippen LogP) is 6.71. The molecule has 2 aromatic rings. The first-order chi connectivity index (χ1) is 17.1. The topological polar surface area (TPSA) is 69.6 Å². The number of carbonyl (C=O) groups excluding carboxylic acids is 1. The number of fused-ring (bicyclic) bond motifs is 3. The molecule has 0 aromatic heterocycles. The lowest BCUT2D eigenvalue weighted by Gasteiger charge is -2.48. The maximum atomic E-state index is 14.2. The zero-order valence-corrected chi connectivity index (χ0v) is 20.5. The Labute approximate surface area is 209 Å². The van der Waals surface area contributed by atoms with Gasteiger partial charge in [0, 0.05) is 29.4 Å². The second kappa shape index (κ2) is 9.60. The molecule has 8 heteroatoms. The number of aliphatic carboxylic acids is 1. The zero-order chi connectivity index (χ0) is 25.6. The zero-order valence-electron chi connectivity index (χ0n) is 20.5. The van der Waals surface area contributed by atoms with Crippen LogP contribution in [0, 0.1) is 11.8 Å².